The van der Waals surface area contributed by atoms with E-state index in [4.69, 9.17) is 15.2 Å². The van der Waals surface area contributed by atoms with Gasteiger partial charge in [0.05, 0.1) is 19.6 Å². The van der Waals surface area contributed by atoms with E-state index >= 15 is 0 Å². The van der Waals surface area contributed by atoms with E-state index in [0.717, 1.165) is 0 Å². The average Bonchev–Trinajstić information content (AvgIpc) is 2.96. The number of hydrogen-bond donors (Lipinski definition) is 1. The smallest absolute Gasteiger partial charge is 0.310 e. The fraction of sp³-hybridized carbons (Fsp3) is 0.467. The maximum atomic E-state index is 12.6. The molecule has 1 saturated heterocycles. The maximum absolute atomic E-state index is 12.6. The van der Waals surface area contributed by atoms with Crippen LogP contribution in [0.15, 0.2) is 18.2 Å². The zero-order chi connectivity index (χ0) is 15.4. The number of methoxy groups -OCH3 is 1. The van der Waals surface area contributed by atoms with Gasteiger partial charge in [0.2, 0.25) is 0 Å². The second-order valence-electron chi connectivity index (χ2n) is 4.91. The van der Waals surface area contributed by atoms with Gasteiger partial charge in [-0.25, -0.2) is 0 Å². The Morgan fingerprint density at radius 3 is 2.86 bits per heavy atom. The number of anilines is 1. The SMILES string of the molecule is CCOc1cccc(N)c1C(=O)N1CCC(C(=O)OC)C1. The van der Waals surface area contributed by atoms with Crippen molar-refractivity contribution in [2.45, 2.75) is 13.3 Å². The van der Waals surface area contributed by atoms with Gasteiger partial charge in [0.1, 0.15) is 11.3 Å². The highest BCUT2D eigenvalue weighted by molar-refractivity contribution is 6.02. The molecule has 0 aliphatic carbocycles. The summed E-state index contributed by atoms with van der Waals surface area (Å²) >= 11 is 0. The summed E-state index contributed by atoms with van der Waals surface area (Å²) in [5, 5.41) is 0. The molecule has 1 heterocycles. The van der Waals surface area contributed by atoms with Crippen LogP contribution in [0, 0.1) is 5.92 Å². The summed E-state index contributed by atoms with van der Waals surface area (Å²) in [5.41, 5.74) is 6.67. The molecule has 1 aromatic rings. The van der Waals surface area contributed by atoms with Gasteiger partial charge in [0.15, 0.2) is 0 Å². The summed E-state index contributed by atoms with van der Waals surface area (Å²) < 4.78 is 10.2. The molecule has 1 fully saturated rings. The average molecular weight is 292 g/mol. The Kier molecular flexibility index (Phi) is 4.67. The minimum atomic E-state index is -0.281. The Balaban J connectivity index is 2.20. The van der Waals surface area contributed by atoms with E-state index in [1.807, 2.05) is 6.92 Å². The monoisotopic (exact) mass is 292 g/mol. The number of rotatable bonds is 4. The van der Waals surface area contributed by atoms with Gasteiger partial charge in [0, 0.05) is 18.8 Å². The molecule has 1 unspecified atom stereocenters. The Hall–Kier alpha value is -2.24. The molecular weight excluding hydrogens is 272 g/mol. The van der Waals surface area contributed by atoms with Crippen LogP contribution < -0.4 is 10.5 Å². The van der Waals surface area contributed by atoms with E-state index in [-0.39, 0.29) is 17.8 Å². The summed E-state index contributed by atoms with van der Waals surface area (Å²) in [5.74, 6) is -0.275. The van der Waals surface area contributed by atoms with Crippen LogP contribution in [0.3, 0.4) is 0 Å². The van der Waals surface area contributed by atoms with E-state index < -0.39 is 0 Å². The first kappa shape index (κ1) is 15.2. The molecule has 0 spiro atoms. The Bertz CT molecular complexity index is 544. The summed E-state index contributed by atoms with van der Waals surface area (Å²) in [6, 6.07) is 5.14. The zero-order valence-corrected chi connectivity index (χ0v) is 12.3. The first-order valence-corrected chi connectivity index (χ1v) is 6.96. The standard InChI is InChI=1S/C15H20N2O4/c1-3-21-12-6-4-5-11(16)13(12)14(18)17-8-7-10(9-17)15(19)20-2/h4-6,10H,3,7-9,16H2,1-2H3. The molecule has 1 atom stereocenters. The van der Waals surface area contributed by atoms with E-state index in [0.29, 0.717) is 43.1 Å². The van der Waals surface area contributed by atoms with Gasteiger partial charge in [-0.1, -0.05) is 6.07 Å². The van der Waals surface area contributed by atoms with Crippen LogP contribution in [0.1, 0.15) is 23.7 Å². The predicted octanol–water partition coefficient (Wildman–Crippen LogP) is 1.30. The van der Waals surface area contributed by atoms with Crippen LogP contribution in [-0.4, -0.2) is 43.6 Å². The van der Waals surface area contributed by atoms with Gasteiger partial charge in [-0.05, 0) is 25.5 Å². The molecule has 1 aliphatic rings. The second-order valence-corrected chi connectivity index (χ2v) is 4.91. The van der Waals surface area contributed by atoms with E-state index in [1.54, 1.807) is 23.1 Å². The van der Waals surface area contributed by atoms with Crippen molar-refractivity contribution in [1.82, 2.24) is 4.90 Å². The Morgan fingerprint density at radius 2 is 2.19 bits per heavy atom. The van der Waals surface area contributed by atoms with Crippen molar-refractivity contribution in [3.05, 3.63) is 23.8 Å². The highest BCUT2D eigenvalue weighted by atomic mass is 16.5. The van der Waals surface area contributed by atoms with Crippen molar-refractivity contribution in [3.63, 3.8) is 0 Å². The number of hydrogen-bond acceptors (Lipinski definition) is 5. The van der Waals surface area contributed by atoms with Gasteiger partial charge in [-0.15, -0.1) is 0 Å². The van der Waals surface area contributed by atoms with Gasteiger partial charge < -0.3 is 20.1 Å². The largest absolute Gasteiger partial charge is 0.493 e. The number of likely N-dealkylation sites (tertiary alicyclic amines) is 1. The van der Waals surface area contributed by atoms with E-state index in [1.165, 1.54) is 7.11 Å². The van der Waals surface area contributed by atoms with Crippen molar-refractivity contribution in [2.24, 2.45) is 5.92 Å². The van der Waals surface area contributed by atoms with Gasteiger partial charge in [0.25, 0.3) is 5.91 Å². The quantitative estimate of drug-likeness (QED) is 0.668. The Labute approximate surface area is 123 Å². The topological polar surface area (TPSA) is 81.9 Å². The predicted molar refractivity (Wildman–Crippen MR) is 78.0 cm³/mol. The number of carbonyl (C=O) groups excluding carboxylic acids is 2. The van der Waals surface area contributed by atoms with Crippen LogP contribution >= 0.6 is 0 Å². The summed E-state index contributed by atoms with van der Waals surface area (Å²) in [7, 11) is 1.36. The number of amides is 1. The number of nitrogens with two attached hydrogens (primary N) is 1. The molecule has 6 heteroatoms. The molecule has 0 aromatic heterocycles. The van der Waals surface area contributed by atoms with Gasteiger partial charge in [-0.3, -0.25) is 9.59 Å². The number of ether oxygens (including phenoxy) is 2. The molecule has 1 aliphatic heterocycles. The summed E-state index contributed by atoms with van der Waals surface area (Å²) in [6.45, 7) is 3.17. The molecule has 21 heavy (non-hydrogen) atoms. The van der Waals surface area contributed by atoms with Gasteiger partial charge in [-0.2, -0.15) is 0 Å². The molecule has 114 valence electrons. The van der Waals surface area contributed by atoms with Crippen molar-refractivity contribution >= 4 is 17.6 Å². The molecule has 2 rings (SSSR count). The first-order valence-electron chi connectivity index (χ1n) is 6.96. The fourth-order valence-corrected chi connectivity index (χ4v) is 2.51. The van der Waals surface area contributed by atoms with Crippen LogP contribution in [0.5, 0.6) is 5.75 Å². The van der Waals surface area contributed by atoms with E-state index in [2.05, 4.69) is 0 Å². The number of nitrogen functional groups attached to an aromatic ring is 1. The highest BCUT2D eigenvalue weighted by Gasteiger charge is 2.33. The molecule has 0 bridgehead atoms. The lowest BCUT2D eigenvalue weighted by molar-refractivity contribution is -0.144. The summed E-state index contributed by atoms with van der Waals surface area (Å²) in [4.78, 5) is 25.8. The van der Waals surface area contributed by atoms with Crippen molar-refractivity contribution in [1.29, 1.82) is 0 Å². The summed E-state index contributed by atoms with van der Waals surface area (Å²) in [6.07, 6.45) is 0.606. The number of esters is 1. The van der Waals surface area contributed by atoms with Crippen molar-refractivity contribution < 1.29 is 19.1 Å². The minimum absolute atomic E-state index is 0.206. The van der Waals surface area contributed by atoms with Crippen LogP contribution in [0.2, 0.25) is 0 Å². The third kappa shape index (κ3) is 3.09. The molecule has 0 radical (unpaired) electrons. The van der Waals surface area contributed by atoms with Crippen LogP contribution in [-0.2, 0) is 9.53 Å². The lowest BCUT2D eigenvalue weighted by Gasteiger charge is -2.19. The van der Waals surface area contributed by atoms with Gasteiger partial charge >= 0.3 is 5.97 Å². The van der Waals surface area contributed by atoms with Crippen molar-refractivity contribution in [2.75, 3.05) is 32.5 Å². The molecule has 1 amide bonds. The van der Waals surface area contributed by atoms with E-state index in [9.17, 15) is 9.59 Å². The van der Waals surface area contributed by atoms with Crippen LogP contribution in [0.4, 0.5) is 5.69 Å². The molecule has 6 nitrogen and oxygen atoms in total. The van der Waals surface area contributed by atoms with Crippen LogP contribution in [0.25, 0.3) is 0 Å². The first-order chi connectivity index (χ1) is 10.1. The highest BCUT2D eigenvalue weighted by Crippen LogP contribution is 2.28. The molecule has 1 aromatic carbocycles. The third-order valence-electron chi connectivity index (χ3n) is 3.58. The second kappa shape index (κ2) is 6.47. The Morgan fingerprint density at radius 1 is 1.43 bits per heavy atom. The van der Waals surface area contributed by atoms with Crippen molar-refractivity contribution in [3.8, 4) is 5.75 Å². The maximum Gasteiger partial charge on any atom is 0.310 e. The molecule has 0 saturated carbocycles. The fourth-order valence-electron chi connectivity index (χ4n) is 2.51. The third-order valence-corrected chi connectivity index (χ3v) is 3.58. The number of nitrogens with zero attached hydrogens (tertiary/aromatic N) is 1. The minimum Gasteiger partial charge on any atom is -0.493 e. The lowest BCUT2D eigenvalue weighted by Crippen LogP contribution is -2.31. The number of benzene rings is 1. The number of carbonyl (C=O) groups is 2. The lowest BCUT2D eigenvalue weighted by atomic mass is 10.1. The normalized spacial score (nSPS) is 17.6. The molecular formula is C15H20N2O4. The molecule has 2 N–H and O–H groups in total. The zero-order valence-electron chi connectivity index (χ0n) is 12.3.